The van der Waals surface area contributed by atoms with Crippen LogP contribution in [0.5, 0.6) is 0 Å². The number of hydrogen-bond acceptors (Lipinski definition) is 6. The number of H-pyrrole nitrogens is 1. The summed E-state index contributed by atoms with van der Waals surface area (Å²) in [5.41, 5.74) is 1.47. The normalized spacial score (nSPS) is 11.6. The standard InChI is InChI=1S/C8H8N4O3S2/c13-17(14,15)16-5-6-2-1-3-7(4-6)8-9-11-12-10-8/h1-4H,5H2,(H,13,14,15)(H,9,10,11,12). The number of aromatic nitrogens is 4. The summed E-state index contributed by atoms with van der Waals surface area (Å²) in [4.78, 5) is 0. The zero-order valence-corrected chi connectivity index (χ0v) is 10.1. The van der Waals surface area contributed by atoms with E-state index < -0.39 is 9.15 Å². The fourth-order valence-corrected chi connectivity index (χ4v) is 2.55. The summed E-state index contributed by atoms with van der Waals surface area (Å²) in [5, 5.41) is 13.4. The van der Waals surface area contributed by atoms with Crippen molar-refractivity contribution in [1.82, 2.24) is 20.6 Å². The summed E-state index contributed by atoms with van der Waals surface area (Å²) in [5.74, 6) is 0.591. The molecule has 1 heterocycles. The van der Waals surface area contributed by atoms with Crippen LogP contribution in [0.3, 0.4) is 0 Å². The van der Waals surface area contributed by atoms with Gasteiger partial charge >= 0.3 is 9.15 Å². The fourth-order valence-electron chi connectivity index (χ4n) is 1.23. The molecule has 2 aromatic rings. The van der Waals surface area contributed by atoms with Crippen molar-refractivity contribution >= 4 is 19.9 Å². The average Bonchev–Trinajstić information content (AvgIpc) is 2.79. The molecule has 2 N–H and O–H groups in total. The summed E-state index contributed by atoms with van der Waals surface area (Å²) < 4.78 is 29.8. The Balaban J connectivity index is 2.18. The van der Waals surface area contributed by atoms with Crippen molar-refractivity contribution in [3.8, 4) is 11.4 Å². The second-order valence-corrected chi connectivity index (χ2v) is 6.48. The van der Waals surface area contributed by atoms with Crippen molar-refractivity contribution in [3.05, 3.63) is 29.8 Å². The lowest BCUT2D eigenvalue weighted by Gasteiger charge is -2.00. The summed E-state index contributed by atoms with van der Waals surface area (Å²) in [6.45, 7) is 0. The van der Waals surface area contributed by atoms with E-state index in [9.17, 15) is 8.42 Å². The van der Waals surface area contributed by atoms with E-state index in [0.29, 0.717) is 16.6 Å². The lowest BCUT2D eigenvalue weighted by atomic mass is 10.1. The molecular weight excluding hydrogens is 264 g/mol. The Kier molecular flexibility index (Phi) is 3.41. The molecule has 7 nitrogen and oxygen atoms in total. The van der Waals surface area contributed by atoms with E-state index in [1.807, 2.05) is 0 Å². The highest BCUT2D eigenvalue weighted by molar-refractivity contribution is 8.69. The first-order chi connectivity index (χ1) is 8.04. The smallest absolute Gasteiger partial charge is 0.277 e. The first-order valence-electron chi connectivity index (χ1n) is 4.49. The molecule has 0 aliphatic rings. The largest absolute Gasteiger partial charge is 0.320 e. The van der Waals surface area contributed by atoms with Gasteiger partial charge in [0.25, 0.3) is 0 Å². The molecule has 90 valence electrons. The van der Waals surface area contributed by atoms with Gasteiger partial charge in [-0.3, -0.25) is 4.55 Å². The molecule has 0 unspecified atom stereocenters. The summed E-state index contributed by atoms with van der Waals surface area (Å²) in [7, 11) is -3.57. The summed E-state index contributed by atoms with van der Waals surface area (Å²) in [6, 6.07) is 7.03. The first-order valence-corrected chi connectivity index (χ1v) is 7.43. The van der Waals surface area contributed by atoms with Gasteiger partial charge in [-0.2, -0.15) is 13.6 Å². The van der Waals surface area contributed by atoms with Gasteiger partial charge in [-0.1, -0.05) is 18.2 Å². The molecule has 2 rings (SSSR count). The Bertz CT molecular complexity index is 597. The number of tetrazole rings is 1. The fraction of sp³-hybridized carbons (Fsp3) is 0.125. The van der Waals surface area contributed by atoms with Gasteiger partial charge in [0.05, 0.1) is 0 Å². The molecule has 0 aliphatic carbocycles. The maximum atomic E-state index is 10.6. The van der Waals surface area contributed by atoms with Crippen LogP contribution in [0.25, 0.3) is 11.4 Å². The average molecular weight is 272 g/mol. The van der Waals surface area contributed by atoms with E-state index >= 15 is 0 Å². The maximum Gasteiger partial charge on any atom is 0.320 e. The Hall–Kier alpha value is -1.45. The number of nitrogens with zero attached hydrogens (tertiary/aromatic N) is 3. The van der Waals surface area contributed by atoms with E-state index in [0.717, 1.165) is 11.1 Å². The Morgan fingerprint density at radius 3 is 2.88 bits per heavy atom. The van der Waals surface area contributed by atoms with Crippen LogP contribution in [0.4, 0.5) is 0 Å². The van der Waals surface area contributed by atoms with E-state index in [4.69, 9.17) is 4.55 Å². The Labute approximate surface area is 101 Å². The van der Waals surface area contributed by atoms with Gasteiger partial charge in [0.1, 0.15) is 0 Å². The molecule has 0 amide bonds. The highest BCUT2D eigenvalue weighted by Crippen LogP contribution is 2.21. The molecule has 0 saturated heterocycles. The number of aromatic amines is 1. The molecule has 17 heavy (non-hydrogen) atoms. The van der Waals surface area contributed by atoms with Crippen molar-refractivity contribution in [2.24, 2.45) is 0 Å². The molecule has 1 aromatic heterocycles. The zero-order chi connectivity index (χ0) is 12.3. The van der Waals surface area contributed by atoms with Crippen LogP contribution in [-0.2, 0) is 14.9 Å². The molecule has 9 heteroatoms. The third kappa shape index (κ3) is 3.51. The van der Waals surface area contributed by atoms with Gasteiger partial charge in [0, 0.05) is 22.1 Å². The highest BCUT2D eigenvalue weighted by Gasteiger charge is 2.08. The van der Waals surface area contributed by atoms with Crippen LogP contribution in [0.2, 0.25) is 0 Å². The lowest BCUT2D eigenvalue weighted by Crippen LogP contribution is -1.91. The second kappa shape index (κ2) is 4.82. The molecule has 0 saturated carbocycles. The van der Waals surface area contributed by atoms with Gasteiger partial charge in [0.15, 0.2) is 0 Å². The minimum atomic E-state index is -4.02. The van der Waals surface area contributed by atoms with Gasteiger partial charge in [-0.15, -0.1) is 10.2 Å². The molecule has 0 fully saturated rings. The topological polar surface area (TPSA) is 109 Å². The van der Waals surface area contributed by atoms with Crippen LogP contribution in [-0.4, -0.2) is 33.6 Å². The van der Waals surface area contributed by atoms with E-state index in [-0.39, 0.29) is 5.75 Å². The molecule has 0 aliphatic heterocycles. The minimum Gasteiger partial charge on any atom is -0.277 e. The number of nitrogens with one attached hydrogen (secondary N) is 1. The van der Waals surface area contributed by atoms with Crippen LogP contribution in [0.1, 0.15) is 5.56 Å². The lowest BCUT2D eigenvalue weighted by molar-refractivity contribution is 0.503. The monoisotopic (exact) mass is 272 g/mol. The van der Waals surface area contributed by atoms with Gasteiger partial charge in [-0.25, -0.2) is 0 Å². The zero-order valence-electron chi connectivity index (χ0n) is 8.44. The third-order valence-electron chi connectivity index (χ3n) is 1.91. The molecule has 0 radical (unpaired) electrons. The Morgan fingerprint density at radius 1 is 1.41 bits per heavy atom. The van der Waals surface area contributed by atoms with Crippen molar-refractivity contribution in [1.29, 1.82) is 0 Å². The van der Waals surface area contributed by atoms with Crippen LogP contribution < -0.4 is 0 Å². The molecule has 0 atom stereocenters. The van der Waals surface area contributed by atoms with Gasteiger partial charge < -0.3 is 0 Å². The SMILES string of the molecule is O=S(=O)(O)SCc1cccc(-c2nn[nH]n2)c1. The van der Waals surface area contributed by atoms with E-state index in [2.05, 4.69) is 20.6 Å². The van der Waals surface area contributed by atoms with Gasteiger partial charge in [0.2, 0.25) is 5.82 Å². The second-order valence-electron chi connectivity index (χ2n) is 3.13. The van der Waals surface area contributed by atoms with Gasteiger partial charge in [-0.05, 0) is 16.8 Å². The van der Waals surface area contributed by atoms with Crippen molar-refractivity contribution in [2.75, 3.05) is 0 Å². The molecular formula is C8H8N4O3S2. The molecule has 1 aromatic carbocycles. The quantitative estimate of drug-likeness (QED) is 0.628. The summed E-state index contributed by atoms with van der Waals surface area (Å²) >= 11 is 0. The van der Waals surface area contributed by atoms with Crippen LogP contribution >= 0.6 is 10.8 Å². The molecule has 0 spiro atoms. The highest BCUT2D eigenvalue weighted by atomic mass is 33.1. The van der Waals surface area contributed by atoms with Crippen molar-refractivity contribution < 1.29 is 13.0 Å². The number of benzene rings is 1. The maximum absolute atomic E-state index is 10.6. The summed E-state index contributed by atoms with van der Waals surface area (Å²) in [6.07, 6.45) is 0. The minimum absolute atomic E-state index is 0.157. The third-order valence-corrected chi connectivity index (χ3v) is 3.90. The molecule has 0 bridgehead atoms. The number of hydrogen-bond donors (Lipinski definition) is 2. The van der Waals surface area contributed by atoms with E-state index in [1.54, 1.807) is 24.3 Å². The van der Waals surface area contributed by atoms with E-state index in [1.165, 1.54) is 0 Å². The predicted octanol–water partition coefficient (Wildman–Crippen LogP) is 0.903. The number of rotatable bonds is 4. The Morgan fingerprint density at radius 2 is 2.24 bits per heavy atom. The first kappa shape index (κ1) is 12.0. The van der Waals surface area contributed by atoms with Crippen molar-refractivity contribution in [2.45, 2.75) is 5.75 Å². The van der Waals surface area contributed by atoms with Crippen LogP contribution in [0, 0.1) is 0 Å². The predicted molar refractivity (Wildman–Crippen MR) is 62.5 cm³/mol. The van der Waals surface area contributed by atoms with Crippen molar-refractivity contribution in [3.63, 3.8) is 0 Å². The van der Waals surface area contributed by atoms with Crippen LogP contribution in [0.15, 0.2) is 24.3 Å².